The van der Waals surface area contributed by atoms with Crippen molar-refractivity contribution >= 4 is 0 Å². The molecule has 4 N–H and O–H groups in total. The number of nitrogens with zero attached hydrogens (tertiary/aromatic N) is 3. The molecule has 20 heavy (non-hydrogen) atoms. The first-order valence-corrected chi connectivity index (χ1v) is 5.71. The first-order chi connectivity index (χ1) is 9.44. The largest absolute Gasteiger partial charge is 0.394 e. The van der Waals surface area contributed by atoms with Crippen molar-refractivity contribution in [1.29, 1.82) is 5.53 Å². The molecule has 2 rings (SSSR count). The van der Waals surface area contributed by atoms with Crippen LogP contribution in [-0.4, -0.2) is 38.6 Å². The second-order valence-corrected chi connectivity index (χ2v) is 4.19. The monoisotopic (exact) mass is 285 g/mol. The molecule has 2 heterocycles. The van der Waals surface area contributed by atoms with Crippen LogP contribution in [0.5, 0.6) is 0 Å². The molecule has 0 saturated carbocycles. The zero-order valence-corrected chi connectivity index (χ0v) is 10.7. The van der Waals surface area contributed by atoms with Gasteiger partial charge < -0.3 is 14.9 Å². The van der Waals surface area contributed by atoms with Gasteiger partial charge in [-0.15, -0.1) is 5.53 Å². The number of aryl methyl sites for hydroxylation is 1. The smallest absolute Gasteiger partial charge is 0.330 e. The predicted molar refractivity (Wildman–Crippen MR) is 67.1 cm³/mol. The molecule has 0 amide bonds. The Hall–Kier alpha value is -2.13. The maximum absolute atomic E-state index is 11.6. The number of ether oxygens (including phenoxy) is 1. The molecule has 1 saturated heterocycles. The highest BCUT2D eigenvalue weighted by molar-refractivity contribution is 5.02. The van der Waals surface area contributed by atoms with Gasteiger partial charge in [0, 0.05) is 18.2 Å². The van der Waals surface area contributed by atoms with Gasteiger partial charge in [-0.3, -0.25) is 14.3 Å². The highest BCUT2D eigenvalue weighted by atomic mass is 16.5. The minimum atomic E-state index is -0.816. The Bertz CT molecular complexity index is 603. The van der Waals surface area contributed by atoms with Crippen LogP contribution in [0.4, 0.5) is 0 Å². The highest BCUT2D eigenvalue weighted by Crippen LogP contribution is 2.27. The molecule has 0 bridgehead atoms. The van der Waals surface area contributed by atoms with E-state index in [0.29, 0.717) is 5.56 Å². The van der Waals surface area contributed by atoms with Crippen molar-refractivity contribution in [2.75, 3.05) is 6.61 Å². The Morgan fingerprint density at radius 2 is 2.25 bits per heavy atom. The van der Waals surface area contributed by atoms with Gasteiger partial charge in [0.15, 0.2) is 0 Å². The number of hydrogen-bond acceptors (Lipinski definition) is 6. The number of H-pyrrole nitrogens is 1. The number of nitrogens with one attached hydrogen (secondary N) is 2. The predicted octanol–water partition coefficient (Wildman–Crippen LogP) is -0.639. The van der Waals surface area contributed by atoms with E-state index in [1.807, 2.05) is 0 Å². The summed E-state index contributed by atoms with van der Waals surface area (Å²) in [5, 5.41) is 18.5. The van der Waals surface area contributed by atoms with Crippen LogP contribution < -0.4 is 11.2 Å². The van der Waals surface area contributed by atoms with E-state index in [9.17, 15) is 14.7 Å². The van der Waals surface area contributed by atoms with Crippen molar-refractivity contribution in [2.45, 2.75) is 31.8 Å². The molecular weight excluding hydrogens is 270 g/mol. The van der Waals surface area contributed by atoms with E-state index in [1.165, 1.54) is 10.8 Å². The van der Waals surface area contributed by atoms with Crippen molar-refractivity contribution in [1.82, 2.24) is 9.55 Å². The molecule has 10 nitrogen and oxygen atoms in total. The summed E-state index contributed by atoms with van der Waals surface area (Å²) in [4.78, 5) is 26.7. The van der Waals surface area contributed by atoms with Gasteiger partial charge in [0.25, 0.3) is 5.56 Å². The average Bonchev–Trinajstić information content (AvgIpc) is 2.76. The van der Waals surface area contributed by atoms with Gasteiger partial charge in [-0.1, -0.05) is 0 Å². The topological polar surface area (TPSA) is 165 Å². The number of aliphatic hydroxyl groups excluding tert-OH is 2. The van der Waals surface area contributed by atoms with Crippen molar-refractivity contribution in [3.63, 3.8) is 0 Å². The fourth-order valence-corrected chi connectivity index (χ4v) is 1.85. The molecule has 3 atom stereocenters. The Morgan fingerprint density at radius 1 is 1.65 bits per heavy atom. The number of rotatable bonds is 2. The van der Waals surface area contributed by atoms with Crippen LogP contribution in [0.1, 0.15) is 18.2 Å². The first-order valence-electron chi connectivity index (χ1n) is 5.71. The number of aliphatic hydroxyl groups is 2. The minimum absolute atomic E-state index is 0.205. The third kappa shape index (κ3) is 3.45. The third-order valence-corrected chi connectivity index (χ3v) is 2.84. The number of aromatic amines is 1. The van der Waals surface area contributed by atoms with Crippen LogP contribution >= 0.6 is 0 Å². The summed E-state index contributed by atoms with van der Waals surface area (Å²) < 4.78 is 6.54. The summed E-state index contributed by atoms with van der Waals surface area (Å²) in [6.45, 7) is 1.26. The van der Waals surface area contributed by atoms with Gasteiger partial charge in [-0.05, 0) is 17.4 Å². The zero-order valence-electron chi connectivity index (χ0n) is 10.7. The van der Waals surface area contributed by atoms with Gasteiger partial charge in [0.1, 0.15) is 12.3 Å². The van der Waals surface area contributed by atoms with E-state index in [1.54, 1.807) is 11.8 Å². The van der Waals surface area contributed by atoms with Crippen LogP contribution in [0.3, 0.4) is 0 Å². The van der Waals surface area contributed by atoms with E-state index in [-0.39, 0.29) is 13.0 Å². The van der Waals surface area contributed by atoms with Crippen LogP contribution in [0, 0.1) is 12.5 Å². The Labute approximate surface area is 112 Å². The third-order valence-electron chi connectivity index (χ3n) is 2.84. The maximum Gasteiger partial charge on any atom is 0.330 e. The molecule has 0 radical (unpaired) electrons. The second-order valence-electron chi connectivity index (χ2n) is 4.19. The van der Waals surface area contributed by atoms with Crippen molar-refractivity contribution < 1.29 is 14.9 Å². The first kappa shape index (κ1) is 15.9. The summed E-state index contributed by atoms with van der Waals surface area (Å²) >= 11 is 0. The van der Waals surface area contributed by atoms with Gasteiger partial charge in [0.05, 0.1) is 12.7 Å². The van der Waals surface area contributed by atoms with Crippen LogP contribution in [0.25, 0.3) is 10.4 Å². The zero-order chi connectivity index (χ0) is 15.3. The van der Waals surface area contributed by atoms with E-state index < -0.39 is 29.7 Å². The quantitative estimate of drug-likeness (QED) is 0.322. The molecular formula is C10H15N5O5. The molecule has 1 aliphatic heterocycles. The Balaban J connectivity index is 0.000000612. The van der Waals surface area contributed by atoms with Crippen molar-refractivity contribution in [2.24, 2.45) is 0 Å². The maximum atomic E-state index is 11.6. The Kier molecular flexibility index (Phi) is 5.47. The molecule has 0 spiro atoms. The normalized spacial score (nSPS) is 24.6. The second kappa shape index (κ2) is 6.87. The number of hydrogen-bond donors (Lipinski definition) is 4. The van der Waals surface area contributed by atoms with E-state index in [2.05, 4.69) is 4.98 Å². The molecule has 110 valence electrons. The Morgan fingerprint density at radius 3 is 2.75 bits per heavy atom. The lowest BCUT2D eigenvalue weighted by Gasteiger charge is -2.14. The summed E-state index contributed by atoms with van der Waals surface area (Å²) in [7, 11) is 0. The van der Waals surface area contributed by atoms with Gasteiger partial charge >= 0.3 is 5.69 Å². The van der Waals surface area contributed by atoms with Crippen molar-refractivity contribution in [3.05, 3.63) is 43.0 Å². The fourth-order valence-electron chi connectivity index (χ4n) is 1.85. The molecule has 0 aliphatic carbocycles. The molecule has 1 aliphatic rings. The lowest BCUT2D eigenvalue weighted by Crippen LogP contribution is -2.33. The average molecular weight is 285 g/mol. The lowest BCUT2D eigenvalue weighted by atomic mass is 10.2. The summed E-state index contributed by atoms with van der Waals surface area (Å²) in [5.41, 5.74) is 11.6. The summed E-state index contributed by atoms with van der Waals surface area (Å²) in [6, 6.07) is 0. The summed E-state index contributed by atoms with van der Waals surface area (Å²) in [6.07, 6.45) is -0.581. The molecule has 0 aromatic carbocycles. The highest BCUT2D eigenvalue weighted by Gasteiger charge is 2.34. The van der Waals surface area contributed by atoms with Crippen LogP contribution in [0.15, 0.2) is 15.8 Å². The molecule has 0 unspecified atom stereocenters. The number of aromatic nitrogens is 2. The van der Waals surface area contributed by atoms with E-state index >= 15 is 0 Å². The van der Waals surface area contributed by atoms with Crippen LogP contribution in [-0.2, 0) is 4.74 Å². The van der Waals surface area contributed by atoms with Gasteiger partial charge in [0.2, 0.25) is 0 Å². The molecule has 1 fully saturated rings. The molecule has 1 aromatic rings. The molecule has 10 heteroatoms. The lowest BCUT2D eigenvalue weighted by molar-refractivity contribution is -0.0459. The SMILES string of the molecule is Cc1cn([C@H]2C[C@H](O)[C@@H](CO)O2)c(=O)[nH]c1=O.[N-]=[N+]=N. The van der Waals surface area contributed by atoms with Gasteiger partial charge in [-0.2, -0.15) is 0 Å². The van der Waals surface area contributed by atoms with E-state index in [4.69, 9.17) is 20.9 Å². The standard InChI is InChI=1S/C10H14N2O5.HN3/c1-5-3-12(10(16)11-9(5)15)8-2-6(14)7(4-13)17-8;1-3-2/h3,6-8,13-14H,2,4H2,1H3,(H,11,15,16);1H/t6-,7+,8+;/m0./s1. The molecule has 1 aromatic heterocycles. The summed E-state index contributed by atoms with van der Waals surface area (Å²) in [5.74, 6) is 0. The fraction of sp³-hybridized carbons (Fsp3) is 0.600. The van der Waals surface area contributed by atoms with Crippen LogP contribution in [0.2, 0.25) is 0 Å². The van der Waals surface area contributed by atoms with Gasteiger partial charge in [-0.25, -0.2) is 4.79 Å². The minimum Gasteiger partial charge on any atom is -0.394 e. The van der Waals surface area contributed by atoms with Crippen molar-refractivity contribution in [3.8, 4) is 0 Å². The van der Waals surface area contributed by atoms with E-state index in [0.717, 1.165) is 0 Å².